The van der Waals surface area contributed by atoms with Gasteiger partial charge < -0.3 is 30.0 Å². The SMILES string of the molecule is C[C@@H]1[C@H](CSc2ncn[nH]2)O[C@H](c2cccc(NC(=O)Nc3ccc(Oc4ccccc4)cc3)c2)O[C@@H]1c1ccc(CO)cc1. The number of benzene rings is 4. The maximum atomic E-state index is 12.9. The van der Waals surface area contributed by atoms with Gasteiger partial charge in [-0.3, -0.25) is 5.10 Å². The number of anilines is 2. The Balaban J connectivity index is 1.13. The van der Waals surface area contributed by atoms with Crippen LogP contribution in [-0.2, 0) is 16.1 Å². The fraction of sp³-hybridized carbons (Fsp3) is 0.206. The number of urea groups is 1. The Labute approximate surface area is 265 Å². The predicted octanol–water partition coefficient (Wildman–Crippen LogP) is 7.32. The molecule has 11 heteroatoms. The van der Waals surface area contributed by atoms with Gasteiger partial charge in [-0.1, -0.05) is 73.3 Å². The van der Waals surface area contributed by atoms with E-state index in [4.69, 9.17) is 14.2 Å². The Hall–Kier alpha value is -4.68. The van der Waals surface area contributed by atoms with Crippen molar-refractivity contribution in [2.24, 2.45) is 5.92 Å². The van der Waals surface area contributed by atoms with Crippen LogP contribution < -0.4 is 15.4 Å². The summed E-state index contributed by atoms with van der Waals surface area (Å²) < 4.78 is 18.9. The number of nitrogens with zero attached hydrogens (tertiary/aromatic N) is 2. The summed E-state index contributed by atoms with van der Waals surface area (Å²) in [6.45, 7) is 2.08. The van der Waals surface area contributed by atoms with Gasteiger partial charge in [0.25, 0.3) is 0 Å². The van der Waals surface area contributed by atoms with Gasteiger partial charge in [-0.05, 0) is 59.7 Å². The fourth-order valence-corrected chi connectivity index (χ4v) is 5.97. The van der Waals surface area contributed by atoms with Crippen molar-refractivity contribution in [3.05, 3.63) is 126 Å². The first-order valence-corrected chi connectivity index (χ1v) is 15.5. The zero-order valence-corrected chi connectivity index (χ0v) is 25.3. The van der Waals surface area contributed by atoms with Gasteiger partial charge in [0.15, 0.2) is 11.4 Å². The number of aliphatic hydroxyl groups excluding tert-OH is 1. The topological polar surface area (TPSA) is 131 Å². The lowest BCUT2D eigenvalue weighted by Crippen LogP contribution is -2.38. The van der Waals surface area contributed by atoms with E-state index in [1.165, 1.54) is 18.1 Å². The molecule has 1 aliphatic rings. The largest absolute Gasteiger partial charge is 0.457 e. The lowest BCUT2D eigenvalue weighted by atomic mass is 9.91. The van der Waals surface area contributed by atoms with Crippen LogP contribution in [0.3, 0.4) is 0 Å². The van der Waals surface area contributed by atoms with Crippen LogP contribution in [0.5, 0.6) is 11.5 Å². The summed E-state index contributed by atoms with van der Waals surface area (Å²) in [5.41, 5.74) is 3.82. The van der Waals surface area contributed by atoms with Crippen molar-refractivity contribution in [1.82, 2.24) is 15.2 Å². The molecular weight excluding hydrogens is 590 g/mol. The average Bonchev–Trinajstić information content (AvgIpc) is 3.60. The lowest BCUT2D eigenvalue weighted by Gasteiger charge is -2.41. The minimum absolute atomic E-state index is 0.0215. The summed E-state index contributed by atoms with van der Waals surface area (Å²) in [7, 11) is 0. The van der Waals surface area contributed by atoms with E-state index in [1.807, 2.05) is 78.9 Å². The van der Waals surface area contributed by atoms with Gasteiger partial charge in [0.05, 0.1) is 18.8 Å². The van der Waals surface area contributed by atoms with Gasteiger partial charge in [-0.2, -0.15) is 5.10 Å². The van der Waals surface area contributed by atoms with Gasteiger partial charge >= 0.3 is 6.03 Å². The molecule has 4 aromatic carbocycles. The smallest absolute Gasteiger partial charge is 0.323 e. The Morgan fingerprint density at radius 2 is 1.64 bits per heavy atom. The Morgan fingerprint density at radius 1 is 0.889 bits per heavy atom. The summed E-state index contributed by atoms with van der Waals surface area (Å²) in [4.78, 5) is 17.1. The molecule has 0 aliphatic carbocycles. The molecule has 0 saturated carbocycles. The molecule has 6 rings (SSSR count). The van der Waals surface area contributed by atoms with E-state index >= 15 is 0 Å². The number of amides is 2. The van der Waals surface area contributed by atoms with Gasteiger partial charge in [0.2, 0.25) is 0 Å². The summed E-state index contributed by atoms with van der Waals surface area (Å²) in [5, 5.41) is 22.8. The summed E-state index contributed by atoms with van der Waals surface area (Å²) in [6, 6.07) is 31.5. The molecule has 0 spiro atoms. The van der Waals surface area contributed by atoms with E-state index in [0.29, 0.717) is 28.0 Å². The molecule has 230 valence electrons. The molecule has 1 aliphatic heterocycles. The van der Waals surface area contributed by atoms with Crippen molar-refractivity contribution in [3.63, 3.8) is 0 Å². The fourth-order valence-electron chi connectivity index (χ4n) is 5.02. The molecule has 1 fully saturated rings. The molecule has 1 saturated heterocycles. The van der Waals surface area contributed by atoms with Crippen LogP contribution in [0.2, 0.25) is 0 Å². The number of hydrogen-bond donors (Lipinski definition) is 4. The second-order valence-electron chi connectivity index (χ2n) is 10.6. The van der Waals surface area contributed by atoms with Crippen molar-refractivity contribution in [1.29, 1.82) is 0 Å². The lowest BCUT2D eigenvalue weighted by molar-refractivity contribution is -0.268. The van der Waals surface area contributed by atoms with Gasteiger partial charge in [-0.25, -0.2) is 9.78 Å². The molecule has 2 heterocycles. The Morgan fingerprint density at radius 3 is 2.38 bits per heavy atom. The molecule has 45 heavy (non-hydrogen) atoms. The number of H-pyrrole nitrogens is 1. The molecule has 0 bridgehead atoms. The first kappa shape index (κ1) is 30.4. The van der Waals surface area contributed by atoms with Crippen molar-refractivity contribution in [3.8, 4) is 11.5 Å². The number of carbonyl (C=O) groups excluding carboxylic acids is 1. The van der Waals surface area contributed by atoms with Crippen molar-refractivity contribution < 1.29 is 24.1 Å². The molecule has 0 radical (unpaired) electrons. The van der Waals surface area contributed by atoms with E-state index in [0.717, 1.165) is 22.4 Å². The molecule has 4 atom stereocenters. The number of nitrogens with one attached hydrogen (secondary N) is 3. The van der Waals surface area contributed by atoms with Crippen LogP contribution in [-0.4, -0.2) is 38.2 Å². The Kier molecular flexibility index (Phi) is 9.71. The van der Waals surface area contributed by atoms with Crippen LogP contribution in [0.15, 0.2) is 115 Å². The highest BCUT2D eigenvalue weighted by Crippen LogP contribution is 2.43. The number of thioether (sulfide) groups is 1. The Bertz CT molecular complexity index is 1670. The van der Waals surface area contributed by atoms with Crippen molar-refractivity contribution in [2.45, 2.75) is 37.2 Å². The number of aromatic nitrogens is 3. The van der Waals surface area contributed by atoms with Crippen molar-refractivity contribution in [2.75, 3.05) is 16.4 Å². The summed E-state index contributed by atoms with van der Waals surface area (Å²) >= 11 is 1.54. The number of ether oxygens (including phenoxy) is 3. The highest BCUT2D eigenvalue weighted by atomic mass is 32.2. The van der Waals surface area contributed by atoms with Crippen LogP contribution in [0.25, 0.3) is 0 Å². The zero-order chi connectivity index (χ0) is 31.0. The first-order valence-electron chi connectivity index (χ1n) is 14.5. The summed E-state index contributed by atoms with van der Waals surface area (Å²) in [6.07, 6.45) is 0.376. The third kappa shape index (κ3) is 7.89. The molecular formula is C34H33N5O5S. The highest BCUT2D eigenvalue weighted by Gasteiger charge is 2.38. The minimum Gasteiger partial charge on any atom is -0.457 e. The van der Waals surface area contributed by atoms with Crippen LogP contribution >= 0.6 is 11.8 Å². The predicted molar refractivity (Wildman–Crippen MR) is 172 cm³/mol. The highest BCUT2D eigenvalue weighted by molar-refractivity contribution is 7.99. The molecule has 2 amide bonds. The molecule has 1 aromatic heterocycles. The number of rotatable bonds is 10. The third-order valence-electron chi connectivity index (χ3n) is 7.41. The number of para-hydroxylation sites is 1. The maximum absolute atomic E-state index is 12.9. The minimum atomic E-state index is -0.675. The number of aromatic amines is 1. The van der Waals surface area contributed by atoms with Gasteiger partial charge in [-0.15, -0.1) is 0 Å². The van der Waals surface area contributed by atoms with E-state index in [1.54, 1.807) is 24.3 Å². The molecule has 10 nitrogen and oxygen atoms in total. The molecule has 5 aromatic rings. The van der Waals surface area contributed by atoms with Crippen LogP contribution in [0.1, 0.15) is 36.0 Å². The maximum Gasteiger partial charge on any atom is 0.323 e. The molecule has 0 unspecified atom stereocenters. The first-order chi connectivity index (χ1) is 22.0. The van der Waals surface area contributed by atoms with Gasteiger partial charge in [0.1, 0.15) is 17.8 Å². The number of aliphatic hydroxyl groups is 1. The number of hydrogen-bond acceptors (Lipinski definition) is 8. The summed E-state index contributed by atoms with van der Waals surface area (Å²) in [5.74, 6) is 2.06. The van der Waals surface area contributed by atoms with Crippen LogP contribution in [0.4, 0.5) is 16.2 Å². The third-order valence-corrected chi connectivity index (χ3v) is 8.37. The van der Waals surface area contributed by atoms with Crippen molar-refractivity contribution >= 4 is 29.2 Å². The molecule has 4 N–H and O–H groups in total. The monoisotopic (exact) mass is 623 g/mol. The second kappa shape index (κ2) is 14.4. The van der Waals surface area contributed by atoms with E-state index < -0.39 is 6.29 Å². The average molecular weight is 624 g/mol. The van der Waals surface area contributed by atoms with E-state index in [2.05, 4.69) is 32.7 Å². The number of carbonyl (C=O) groups is 1. The standard InChI is InChI=1S/C34H33N5O5S/c1-22-30(20-45-34-35-21-36-39-34)43-32(44-31(22)24-12-10-23(19-40)11-13-24)25-6-5-7-27(18-25)38-33(41)37-26-14-16-29(17-15-26)42-28-8-3-2-4-9-28/h2-18,21-22,30-32,40H,19-20H2,1H3,(H,35,36,39)(H2,37,38,41)/t22-,30+,31+,32+/m1/s1. The van der Waals surface area contributed by atoms with E-state index in [-0.39, 0.29) is 30.8 Å². The normalized spacial score (nSPS) is 19.5. The van der Waals surface area contributed by atoms with Gasteiger partial charge in [0, 0.05) is 28.6 Å². The second-order valence-corrected chi connectivity index (χ2v) is 11.6. The quantitative estimate of drug-likeness (QED) is 0.119. The zero-order valence-electron chi connectivity index (χ0n) is 24.5. The van der Waals surface area contributed by atoms with Crippen LogP contribution in [0, 0.1) is 5.92 Å². The van der Waals surface area contributed by atoms with E-state index in [9.17, 15) is 9.90 Å².